The molecule has 3 aromatic heterocycles. The van der Waals surface area contributed by atoms with Crippen LogP contribution in [0.2, 0.25) is 0 Å². The van der Waals surface area contributed by atoms with Crippen LogP contribution < -0.4 is 5.32 Å². The summed E-state index contributed by atoms with van der Waals surface area (Å²) >= 11 is 1.66. The number of benzene rings is 1. The summed E-state index contributed by atoms with van der Waals surface area (Å²) in [6, 6.07) is 10.2. The third kappa shape index (κ3) is 2.89. The summed E-state index contributed by atoms with van der Waals surface area (Å²) in [6.45, 7) is 4.73. The standard InChI is InChI=1S/C19H19N5S/c1-12-17-13(2)24(3)10-16(17)18(23-22-12)20-9-15-11-25-19(21-15)14-7-5-4-6-8-14/h4-8,10-11H,9H2,1-3H3,(H,20,23). The van der Waals surface area contributed by atoms with E-state index in [0.717, 1.165) is 33.2 Å². The number of thiazole rings is 1. The lowest BCUT2D eigenvalue weighted by atomic mass is 10.2. The van der Waals surface area contributed by atoms with Gasteiger partial charge in [0, 0.05) is 40.7 Å². The van der Waals surface area contributed by atoms with Gasteiger partial charge in [0.05, 0.1) is 17.9 Å². The van der Waals surface area contributed by atoms with Gasteiger partial charge in [-0.3, -0.25) is 0 Å². The van der Waals surface area contributed by atoms with Crippen molar-refractivity contribution < 1.29 is 0 Å². The van der Waals surface area contributed by atoms with Crippen molar-refractivity contribution in [1.82, 2.24) is 19.7 Å². The van der Waals surface area contributed by atoms with Crippen LogP contribution in [0.5, 0.6) is 0 Å². The van der Waals surface area contributed by atoms with Crippen LogP contribution in [0.4, 0.5) is 5.82 Å². The number of fused-ring (bicyclic) bond motifs is 1. The van der Waals surface area contributed by atoms with E-state index in [-0.39, 0.29) is 0 Å². The van der Waals surface area contributed by atoms with Gasteiger partial charge in [0.2, 0.25) is 0 Å². The van der Waals surface area contributed by atoms with Crippen molar-refractivity contribution in [2.24, 2.45) is 7.05 Å². The molecule has 0 fully saturated rings. The van der Waals surface area contributed by atoms with E-state index in [0.29, 0.717) is 6.54 Å². The molecule has 4 rings (SSSR count). The van der Waals surface area contributed by atoms with Crippen LogP contribution >= 0.6 is 11.3 Å². The first-order chi connectivity index (χ1) is 12.1. The van der Waals surface area contributed by atoms with Crippen LogP contribution in [0.25, 0.3) is 21.3 Å². The van der Waals surface area contributed by atoms with Crippen molar-refractivity contribution in [3.05, 3.63) is 59.0 Å². The second-order valence-electron chi connectivity index (χ2n) is 6.11. The Morgan fingerprint density at radius 3 is 2.72 bits per heavy atom. The van der Waals surface area contributed by atoms with Gasteiger partial charge in [0.1, 0.15) is 5.01 Å². The number of nitrogens with one attached hydrogen (secondary N) is 1. The van der Waals surface area contributed by atoms with Gasteiger partial charge in [-0.1, -0.05) is 30.3 Å². The topological polar surface area (TPSA) is 55.6 Å². The van der Waals surface area contributed by atoms with E-state index >= 15 is 0 Å². The minimum Gasteiger partial charge on any atom is -0.362 e. The quantitative estimate of drug-likeness (QED) is 0.596. The Labute approximate surface area is 150 Å². The van der Waals surface area contributed by atoms with Crippen LogP contribution in [0, 0.1) is 13.8 Å². The minimum atomic E-state index is 0.629. The summed E-state index contributed by atoms with van der Waals surface area (Å²) in [5.74, 6) is 0.804. The zero-order valence-electron chi connectivity index (χ0n) is 14.4. The lowest BCUT2D eigenvalue weighted by molar-refractivity contribution is 0.888. The maximum absolute atomic E-state index is 4.72. The predicted molar refractivity (Wildman–Crippen MR) is 103 cm³/mol. The lowest BCUT2D eigenvalue weighted by Gasteiger charge is -2.06. The first-order valence-corrected chi connectivity index (χ1v) is 9.04. The van der Waals surface area contributed by atoms with Crippen LogP contribution in [-0.4, -0.2) is 19.7 Å². The molecule has 0 saturated carbocycles. The highest BCUT2D eigenvalue weighted by molar-refractivity contribution is 7.13. The molecule has 0 unspecified atom stereocenters. The average molecular weight is 349 g/mol. The van der Waals surface area contributed by atoms with E-state index < -0.39 is 0 Å². The third-order valence-electron chi connectivity index (χ3n) is 4.41. The van der Waals surface area contributed by atoms with Crippen molar-refractivity contribution in [1.29, 1.82) is 0 Å². The normalized spacial score (nSPS) is 11.2. The molecule has 5 nitrogen and oxygen atoms in total. The first-order valence-electron chi connectivity index (χ1n) is 8.16. The summed E-state index contributed by atoms with van der Waals surface area (Å²) in [5, 5.41) is 17.4. The van der Waals surface area contributed by atoms with Gasteiger partial charge in [-0.15, -0.1) is 16.4 Å². The van der Waals surface area contributed by atoms with Crippen molar-refractivity contribution in [3.8, 4) is 10.6 Å². The summed E-state index contributed by atoms with van der Waals surface area (Å²) in [5.41, 5.74) is 4.31. The fraction of sp³-hybridized carbons (Fsp3) is 0.211. The lowest BCUT2D eigenvalue weighted by Crippen LogP contribution is -2.04. The summed E-state index contributed by atoms with van der Waals surface area (Å²) in [4.78, 5) is 4.72. The van der Waals surface area contributed by atoms with Crippen LogP contribution in [-0.2, 0) is 13.6 Å². The Balaban J connectivity index is 1.58. The molecule has 1 N–H and O–H groups in total. The molecule has 25 heavy (non-hydrogen) atoms. The highest BCUT2D eigenvalue weighted by Crippen LogP contribution is 2.28. The van der Waals surface area contributed by atoms with Crippen LogP contribution in [0.1, 0.15) is 17.1 Å². The SMILES string of the molecule is Cc1nnc(NCc2csc(-c3ccccc3)n2)c2cn(C)c(C)c12. The van der Waals surface area contributed by atoms with Crippen molar-refractivity contribution in [3.63, 3.8) is 0 Å². The number of aromatic nitrogens is 4. The van der Waals surface area contributed by atoms with Crippen molar-refractivity contribution >= 4 is 27.9 Å². The van der Waals surface area contributed by atoms with Crippen LogP contribution in [0.15, 0.2) is 41.9 Å². The fourth-order valence-electron chi connectivity index (χ4n) is 3.00. The van der Waals surface area contributed by atoms with Gasteiger partial charge in [0.15, 0.2) is 5.82 Å². The van der Waals surface area contributed by atoms with Gasteiger partial charge in [-0.25, -0.2) is 4.98 Å². The Hall–Kier alpha value is -2.73. The number of aryl methyl sites for hydroxylation is 3. The van der Waals surface area contributed by atoms with E-state index in [9.17, 15) is 0 Å². The number of rotatable bonds is 4. The molecule has 0 amide bonds. The number of anilines is 1. The van der Waals surface area contributed by atoms with E-state index in [1.54, 1.807) is 11.3 Å². The van der Waals surface area contributed by atoms with Gasteiger partial charge in [0.25, 0.3) is 0 Å². The molecular weight excluding hydrogens is 330 g/mol. The summed E-state index contributed by atoms with van der Waals surface area (Å²) < 4.78 is 2.11. The Morgan fingerprint density at radius 2 is 1.92 bits per heavy atom. The molecule has 0 aliphatic rings. The first kappa shape index (κ1) is 15.8. The van der Waals surface area contributed by atoms with E-state index in [1.165, 1.54) is 11.1 Å². The second-order valence-corrected chi connectivity index (χ2v) is 6.97. The van der Waals surface area contributed by atoms with Gasteiger partial charge < -0.3 is 9.88 Å². The smallest absolute Gasteiger partial charge is 0.158 e. The van der Waals surface area contributed by atoms with Gasteiger partial charge >= 0.3 is 0 Å². The highest BCUT2D eigenvalue weighted by Gasteiger charge is 2.13. The molecule has 4 aromatic rings. The molecule has 0 aliphatic carbocycles. The fourth-order valence-corrected chi connectivity index (χ4v) is 3.82. The minimum absolute atomic E-state index is 0.629. The predicted octanol–water partition coefficient (Wildman–Crippen LogP) is 4.32. The Morgan fingerprint density at radius 1 is 1.12 bits per heavy atom. The zero-order chi connectivity index (χ0) is 17.4. The molecular formula is C19H19N5S. The van der Waals surface area contributed by atoms with E-state index in [4.69, 9.17) is 4.98 Å². The highest BCUT2D eigenvalue weighted by atomic mass is 32.1. The molecule has 0 spiro atoms. The van der Waals surface area contributed by atoms with Gasteiger partial charge in [-0.2, -0.15) is 5.10 Å². The molecule has 3 heterocycles. The Bertz CT molecular complexity index is 1030. The second kappa shape index (κ2) is 6.29. The van der Waals surface area contributed by atoms with E-state index in [2.05, 4.69) is 50.7 Å². The molecule has 0 atom stereocenters. The number of nitrogens with zero attached hydrogens (tertiary/aromatic N) is 4. The third-order valence-corrected chi connectivity index (χ3v) is 5.35. The average Bonchev–Trinajstić information content (AvgIpc) is 3.21. The summed E-state index contributed by atoms with van der Waals surface area (Å²) in [6.07, 6.45) is 2.10. The molecule has 6 heteroatoms. The molecule has 1 aromatic carbocycles. The largest absolute Gasteiger partial charge is 0.362 e. The summed E-state index contributed by atoms with van der Waals surface area (Å²) in [7, 11) is 2.05. The molecule has 126 valence electrons. The van der Waals surface area contributed by atoms with E-state index in [1.807, 2.05) is 32.2 Å². The van der Waals surface area contributed by atoms with Gasteiger partial charge in [-0.05, 0) is 13.8 Å². The monoisotopic (exact) mass is 349 g/mol. The molecule has 0 aliphatic heterocycles. The van der Waals surface area contributed by atoms with Crippen LogP contribution in [0.3, 0.4) is 0 Å². The number of hydrogen-bond donors (Lipinski definition) is 1. The Kier molecular flexibility index (Phi) is 3.97. The zero-order valence-corrected chi connectivity index (χ0v) is 15.3. The maximum atomic E-state index is 4.72. The molecule has 0 radical (unpaired) electrons. The molecule has 0 saturated heterocycles. The molecule has 0 bridgehead atoms. The maximum Gasteiger partial charge on any atom is 0.158 e. The number of hydrogen-bond acceptors (Lipinski definition) is 5. The van der Waals surface area contributed by atoms with Crippen molar-refractivity contribution in [2.75, 3.05) is 5.32 Å². The van der Waals surface area contributed by atoms with Crippen molar-refractivity contribution in [2.45, 2.75) is 20.4 Å².